The summed E-state index contributed by atoms with van der Waals surface area (Å²) in [7, 11) is 0. The minimum Gasteiger partial charge on any atom is -0.352 e. The van der Waals surface area contributed by atoms with Gasteiger partial charge in [0.25, 0.3) is 5.92 Å². The number of halogens is 3. The first-order valence-electron chi connectivity index (χ1n) is 13.8. The van der Waals surface area contributed by atoms with Crippen LogP contribution in [0.5, 0.6) is 0 Å². The van der Waals surface area contributed by atoms with Crippen molar-refractivity contribution in [3.63, 3.8) is 0 Å². The number of alkyl halides is 2. The van der Waals surface area contributed by atoms with E-state index in [2.05, 4.69) is 6.92 Å². The van der Waals surface area contributed by atoms with E-state index >= 15 is 8.78 Å². The van der Waals surface area contributed by atoms with E-state index in [-0.39, 0.29) is 18.5 Å². The SMILES string of the molecule is CCCC1COC(C2CCC(C3CCC(C(F)(F)Cc4ccc(CC)c(F)c4)CC3)CC2)OC1. The van der Waals surface area contributed by atoms with Crippen molar-refractivity contribution in [1.29, 1.82) is 0 Å². The van der Waals surface area contributed by atoms with Crippen molar-refractivity contribution < 1.29 is 22.6 Å². The van der Waals surface area contributed by atoms with Crippen molar-refractivity contribution in [3.8, 4) is 0 Å². The molecule has 2 aliphatic carbocycles. The molecule has 0 amide bonds. The van der Waals surface area contributed by atoms with Gasteiger partial charge in [0.05, 0.1) is 13.2 Å². The minimum absolute atomic E-state index is 0.0419. The molecule has 1 aromatic rings. The maximum absolute atomic E-state index is 15.1. The van der Waals surface area contributed by atoms with Crippen LogP contribution >= 0.6 is 0 Å². The van der Waals surface area contributed by atoms with Gasteiger partial charge in [-0.15, -0.1) is 0 Å². The monoisotopic (exact) mass is 480 g/mol. The van der Waals surface area contributed by atoms with Crippen LogP contribution in [0.1, 0.15) is 89.2 Å². The standard InChI is InChI=1S/C29H43F3O2/c1-3-5-21-18-33-28(34-19-21)25-10-8-23(9-11-25)24-12-14-26(15-13-24)29(31,32)17-20-6-7-22(4-2)27(30)16-20/h6-7,16,21,23-26,28H,3-5,8-15,17-19H2,1-2H3. The molecule has 0 atom stereocenters. The Morgan fingerprint density at radius 3 is 2.00 bits per heavy atom. The lowest BCUT2D eigenvalue weighted by atomic mass is 9.68. The summed E-state index contributed by atoms with van der Waals surface area (Å²) in [4.78, 5) is 0. The van der Waals surface area contributed by atoms with Gasteiger partial charge < -0.3 is 9.47 Å². The zero-order valence-corrected chi connectivity index (χ0v) is 21.0. The Labute approximate surface area is 204 Å². The second-order valence-electron chi connectivity index (χ2n) is 11.2. The highest BCUT2D eigenvalue weighted by Gasteiger charge is 2.43. The average molecular weight is 481 g/mol. The summed E-state index contributed by atoms with van der Waals surface area (Å²) in [5.41, 5.74) is 0.998. The molecule has 0 unspecified atom stereocenters. The molecule has 0 N–H and O–H groups in total. The maximum Gasteiger partial charge on any atom is 0.254 e. The molecule has 1 saturated heterocycles. The highest BCUT2D eigenvalue weighted by molar-refractivity contribution is 5.25. The number of ether oxygens (including phenoxy) is 2. The molecule has 0 spiro atoms. The summed E-state index contributed by atoms with van der Waals surface area (Å²) < 4.78 is 56.3. The van der Waals surface area contributed by atoms with E-state index in [1.54, 1.807) is 12.1 Å². The Balaban J connectivity index is 1.21. The molecule has 1 aromatic carbocycles. The number of rotatable bonds is 8. The highest BCUT2D eigenvalue weighted by Crippen LogP contribution is 2.46. The number of hydrogen-bond donors (Lipinski definition) is 0. The van der Waals surface area contributed by atoms with Crippen LogP contribution in [0.25, 0.3) is 0 Å². The van der Waals surface area contributed by atoms with Gasteiger partial charge in [0, 0.05) is 24.2 Å². The molecular formula is C29H43F3O2. The third kappa shape index (κ3) is 6.37. The van der Waals surface area contributed by atoms with Gasteiger partial charge in [-0.05, 0) is 93.2 Å². The van der Waals surface area contributed by atoms with Crippen LogP contribution in [-0.2, 0) is 22.3 Å². The smallest absolute Gasteiger partial charge is 0.254 e. The van der Waals surface area contributed by atoms with Crippen molar-refractivity contribution in [1.82, 2.24) is 0 Å². The Morgan fingerprint density at radius 2 is 1.44 bits per heavy atom. The quantitative estimate of drug-likeness (QED) is 0.376. The Bertz CT molecular complexity index is 759. The lowest BCUT2D eigenvalue weighted by Gasteiger charge is -2.41. The summed E-state index contributed by atoms with van der Waals surface area (Å²) >= 11 is 0. The molecule has 2 nitrogen and oxygen atoms in total. The van der Waals surface area contributed by atoms with Gasteiger partial charge >= 0.3 is 0 Å². The van der Waals surface area contributed by atoms with Crippen molar-refractivity contribution in [2.24, 2.45) is 29.6 Å². The van der Waals surface area contributed by atoms with Gasteiger partial charge in [0.2, 0.25) is 0 Å². The van der Waals surface area contributed by atoms with E-state index < -0.39 is 11.8 Å². The van der Waals surface area contributed by atoms with E-state index in [1.165, 1.54) is 31.7 Å². The predicted octanol–water partition coefficient (Wildman–Crippen LogP) is 7.97. The number of aryl methyl sites for hydroxylation is 1. The van der Waals surface area contributed by atoms with E-state index in [4.69, 9.17) is 9.47 Å². The third-order valence-electron chi connectivity index (χ3n) is 8.86. The summed E-state index contributed by atoms with van der Waals surface area (Å²) in [5, 5.41) is 0. The van der Waals surface area contributed by atoms with Crippen LogP contribution in [0.4, 0.5) is 13.2 Å². The van der Waals surface area contributed by atoms with Crippen molar-refractivity contribution in [2.45, 2.75) is 103 Å². The topological polar surface area (TPSA) is 18.5 Å². The molecule has 0 bridgehead atoms. The average Bonchev–Trinajstić information content (AvgIpc) is 2.85. The Hall–Kier alpha value is -1.07. The van der Waals surface area contributed by atoms with E-state index in [1.807, 2.05) is 6.92 Å². The van der Waals surface area contributed by atoms with Gasteiger partial charge in [-0.2, -0.15) is 0 Å². The van der Waals surface area contributed by atoms with Crippen LogP contribution in [0, 0.1) is 35.4 Å². The molecule has 1 heterocycles. The number of benzene rings is 1. The second-order valence-corrected chi connectivity index (χ2v) is 11.2. The molecule has 4 rings (SSSR count). The fourth-order valence-corrected chi connectivity index (χ4v) is 6.71. The summed E-state index contributed by atoms with van der Waals surface area (Å²) in [6, 6.07) is 4.63. The predicted molar refractivity (Wildman–Crippen MR) is 129 cm³/mol. The van der Waals surface area contributed by atoms with E-state index in [0.29, 0.717) is 54.1 Å². The molecule has 5 heteroatoms. The molecule has 0 aromatic heterocycles. The first-order chi connectivity index (χ1) is 16.4. The summed E-state index contributed by atoms with van der Waals surface area (Å²) in [6.07, 6.45) is 10.1. The lowest BCUT2D eigenvalue weighted by molar-refractivity contribution is -0.230. The summed E-state index contributed by atoms with van der Waals surface area (Å²) in [5.74, 6) is -1.48. The molecular weight excluding hydrogens is 437 g/mol. The van der Waals surface area contributed by atoms with Gasteiger partial charge in [-0.1, -0.05) is 32.4 Å². The third-order valence-corrected chi connectivity index (χ3v) is 8.86. The van der Waals surface area contributed by atoms with Crippen LogP contribution in [0.3, 0.4) is 0 Å². The fraction of sp³-hybridized carbons (Fsp3) is 0.793. The molecule has 34 heavy (non-hydrogen) atoms. The Kier molecular flexibility index (Phi) is 9.01. The first kappa shape index (κ1) is 26.0. The Morgan fingerprint density at radius 1 is 0.853 bits per heavy atom. The molecule has 3 fully saturated rings. The summed E-state index contributed by atoms with van der Waals surface area (Å²) in [6.45, 7) is 5.73. The molecule has 1 aliphatic heterocycles. The second kappa shape index (κ2) is 11.8. The van der Waals surface area contributed by atoms with Crippen LogP contribution < -0.4 is 0 Å². The largest absolute Gasteiger partial charge is 0.352 e. The lowest BCUT2D eigenvalue weighted by Crippen LogP contribution is -2.39. The normalized spacial score (nSPS) is 33.1. The molecule has 3 aliphatic rings. The number of hydrogen-bond acceptors (Lipinski definition) is 2. The zero-order valence-electron chi connectivity index (χ0n) is 21.0. The van der Waals surface area contributed by atoms with Gasteiger partial charge in [0.1, 0.15) is 5.82 Å². The van der Waals surface area contributed by atoms with Gasteiger partial charge in [-0.25, -0.2) is 13.2 Å². The van der Waals surface area contributed by atoms with Crippen molar-refractivity contribution >= 4 is 0 Å². The van der Waals surface area contributed by atoms with E-state index in [0.717, 1.165) is 38.9 Å². The molecule has 192 valence electrons. The fourth-order valence-electron chi connectivity index (χ4n) is 6.71. The maximum atomic E-state index is 15.1. The highest BCUT2D eigenvalue weighted by atomic mass is 19.3. The molecule has 0 radical (unpaired) electrons. The van der Waals surface area contributed by atoms with Crippen LogP contribution in [-0.4, -0.2) is 25.4 Å². The van der Waals surface area contributed by atoms with Crippen LogP contribution in [0.15, 0.2) is 18.2 Å². The first-order valence-corrected chi connectivity index (χ1v) is 13.8. The van der Waals surface area contributed by atoms with Crippen molar-refractivity contribution in [2.75, 3.05) is 13.2 Å². The van der Waals surface area contributed by atoms with Crippen LogP contribution in [0.2, 0.25) is 0 Å². The molecule has 2 saturated carbocycles. The zero-order chi connectivity index (χ0) is 24.1. The van der Waals surface area contributed by atoms with Gasteiger partial charge in [-0.3, -0.25) is 0 Å². The van der Waals surface area contributed by atoms with Crippen molar-refractivity contribution in [3.05, 3.63) is 35.1 Å². The van der Waals surface area contributed by atoms with Gasteiger partial charge in [0.15, 0.2) is 6.29 Å². The van der Waals surface area contributed by atoms with E-state index in [9.17, 15) is 4.39 Å². The minimum atomic E-state index is -2.77.